The van der Waals surface area contributed by atoms with E-state index in [1.165, 1.54) is 5.56 Å². The summed E-state index contributed by atoms with van der Waals surface area (Å²) in [7, 11) is 0. The molecule has 2 heterocycles. The Labute approximate surface area is 131 Å². The summed E-state index contributed by atoms with van der Waals surface area (Å²) >= 11 is 0. The van der Waals surface area contributed by atoms with E-state index in [4.69, 9.17) is 5.73 Å². The first-order chi connectivity index (χ1) is 10.5. The second-order valence-corrected chi connectivity index (χ2v) is 6.46. The van der Waals surface area contributed by atoms with E-state index in [1.807, 2.05) is 30.0 Å². The average molecular weight is 297 g/mol. The Balaban J connectivity index is 1.98. The molecule has 2 unspecified atom stereocenters. The number of amides is 1. The van der Waals surface area contributed by atoms with Crippen LogP contribution in [0.1, 0.15) is 35.0 Å². The van der Waals surface area contributed by atoms with Gasteiger partial charge in [-0.25, -0.2) is 0 Å². The van der Waals surface area contributed by atoms with Crippen LogP contribution in [-0.2, 0) is 0 Å². The van der Waals surface area contributed by atoms with Gasteiger partial charge >= 0.3 is 0 Å². The van der Waals surface area contributed by atoms with E-state index in [-0.39, 0.29) is 11.9 Å². The van der Waals surface area contributed by atoms with Gasteiger partial charge in [-0.2, -0.15) is 0 Å². The lowest BCUT2D eigenvalue weighted by molar-refractivity contribution is 0.0742. The van der Waals surface area contributed by atoms with Gasteiger partial charge in [-0.3, -0.25) is 9.78 Å². The minimum atomic E-state index is 0.0804. The summed E-state index contributed by atoms with van der Waals surface area (Å²) in [6.07, 6.45) is 0.988. The van der Waals surface area contributed by atoms with Crippen molar-refractivity contribution in [1.29, 1.82) is 0 Å². The molecule has 1 fully saturated rings. The minimum absolute atomic E-state index is 0.0804. The molecule has 22 heavy (non-hydrogen) atoms. The zero-order valence-corrected chi connectivity index (χ0v) is 13.5. The van der Waals surface area contributed by atoms with E-state index in [0.29, 0.717) is 18.0 Å². The Morgan fingerprint density at radius 2 is 2.14 bits per heavy atom. The molecule has 3 rings (SSSR count). The molecule has 0 bridgehead atoms. The Hall–Kier alpha value is -1.94. The number of aromatic nitrogens is 1. The molecule has 1 aliphatic heterocycles. The van der Waals surface area contributed by atoms with Crippen LogP contribution in [0, 0.1) is 19.8 Å². The summed E-state index contributed by atoms with van der Waals surface area (Å²) in [4.78, 5) is 19.5. The Kier molecular flexibility index (Phi) is 3.87. The number of likely N-dealkylation sites (tertiary alicyclic amines) is 1. The van der Waals surface area contributed by atoms with E-state index < -0.39 is 0 Å². The lowest BCUT2D eigenvalue weighted by Gasteiger charge is -2.22. The van der Waals surface area contributed by atoms with Crippen molar-refractivity contribution in [2.75, 3.05) is 13.1 Å². The van der Waals surface area contributed by atoms with Crippen molar-refractivity contribution in [3.05, 3.63) is 41.1 Å². The zero-order chi connectivity index (χ0) is 15.9. The van der Waals surface area contributed by atoms with E-state index >= 15 is 0 Å². The summed E-state index contributed by atoms with van der Waals surface area (Å²) in [5, 5.41) is 1.02. The molecule has 4 heteroatoms. The molecule has 0 saturated carbocycles. The molecule has 0 radical (unpaired) electrons. The fraction of sp³-hybridized carbons (Fsp3) is 0.444. The largest absolute Gasteiger partial charge is 0.336 e. The highest BCUT2D eigenvalue weighted by molar-refractivity contribution is 5.99. The summed E-state index contributed by atoms with van der Waals surface area (Å²) < 4.78 is 0. The van der Waals surface area contributed by atoms with Gasteiger partial charge in [0.25, 0.3) is 5.91 Å². The van der Waals surface area contributed by atoms with Gasteiger partial charge in [-0.1, -0.05) is 11.6 Å². The number of fused-ring (bicyclic) bond motifs is 1. The second kappa shape index (κ2) is 5.69. The highest BCUT2D eigenvalue weighted by atomic mass is 16.2. The first-order valence-electron chi connectivity index (χ1n) is 7.88. The molecular weight excluding hydrogens is 274 g/mol. The van der Waals surface area contributed by atoms with Gasteiger partial charge in [-0.05, 0) is 57.9 Å². The number of aryl methyl sites for hydroxylation is 2. The molecule has 1 aromatic carbocycles. The van der Waals surface area contributed by atoms with Crippen molar-refractivity contribution >= 4 is 16.8 Å². The molecule has 2 atom stereocenters. The molecule has 1 aliphatic rings. The van der Waals surface area contributed by atoms with Crippen LogP contribution in [0.25, 0.3) is 10.9 Å². The van der Waals surface area contributed by atoms with Gasteiger partial charge in [0.1, 0.15) is 0 Å². The van der Waals surface area contributed by atoms with E-state index in [2.05, 4.69) is 24.9 Å². The normalized spacial score (nSPS) is 21.5. The zero-order valence-electron chi connectivity index (χ0n) is 13.5. The van der Waals surface area contributed by atoms with Gasteiger partial charge in [0.2, 0.25) is 0 Å². The first kappa shape index (κ1) is 15.0. The number of pyridine rings is 1. The van der Waals surface area contributed by atoms with Gasteiger partial charge in [-0.15, -0.1) is 0 Å². The summed E-state index contributed by atoms with van der Waals surface area (Å²) in [6, 6.07) is 8.36. The summed E-state index contributed by atoms with van der Waals surface area (Å²) in [5.74, 6) is 0.492. The van der Waals surface area contributed by atoms with Gasteiger partial charge in [0.05, 0.1) is 16.8 Å². The second-order valence-electron chi connectivity index (χ2n) is 6.46. The maximum Gasteiger partial charge on any atom is 0.255 e. The first-order valence-corrected chi connectivity index (χ1v) is 7.88. The lowest BCUT2D eigenvalue weighted by Crippen LogP contribution is -2.35. The number of rotatable bonds is 2. The maximum absolute atomic E-state index is 12.9. The van der Waals surface area contributed by atoms with Crippen molar-refractivity contribution in [2.24, 2.45) is 11.7 Å². The quantitative estimate of drug-likeness (QED) is 0.927. The number of hydrogen-bond donors (Lipinski definition) is 1. The van der Waals surface area contributed by atoms with Crippen LogP contribution in [0.4, 0.5) is 0 Å². The van der Waals surface area contributed by atoms with E-state index in [0.717, 1.165) is 29.6 Å². The average Bonchev–Trinajstić information content (AvgIpc) is 2.87. The summed E-state index contributed by atoms with van der Waals surface area (Å²) in [6.45, 7) is 7.45. The number of benzene rings is 1. The third-order valence-corrected chi connectivity index (χ3v) is 4.65. The Morgan fingerprint density at radius 1 is 1.36 bits per heavy atom. The molecule has 1 aromatic heterocycles. The van der Waals surface area contributed by atoms with Crippen LogP contribution in [-0.4, -0.2) is 34.9 Å². The molecule has 0 aliphatic carbocycles. The van der Waals surface area contributed by atoms with Crippen molar-refractivity contribution < 1.29 is 4.79 Å². The Bertz CT molecular complexity index is 726. The van der Waals surface area contributed by atoms with E-state index in [1.54, 1.807) is 0 Å². The van der Waals surface area contributed by atoms with Crippen LogP contribution in [0.3, 0.4) is 0 Å². The van der Waals surface area contributed by atoms with Crippen LogP contribution in [0.15, 0.2) is 24.3 Å². The number of hydrogen-bond acceptors (Lipinski definition) is 3. The summed E-state index contributed by atoms with van der Waals surface area (Å²) in [5.41, 5.74) is 9.39. The van der Waals surface area contributed by atoms with Gasteiger partial charge in [0, 0.05) is 18.0 Å². The third kappa shape index (κ3) is 2.59. The molecule has 116 valence electrons. The highest BCUT2D eigenvalue weighted by Gasteiger charge is 2.32. The lowest BCUT2D eigenvalue weighted by atomic mass is 10.1. The van der Waals surface area contributed by atoms with Crippen molar-refractivity contribution in [3.63, 3.8) is 0 Å². The number of nitrogens with zero attached hydrogens (tertiary/aromatic N) is 2. The van der Waals surface area contributed by atoms with Crippen LogP contribution in [0.5, 0.6) is 0 Å². The number of carbonyl (C=O) groups excluding carboxylic acids is 1. The molecule has 2 aromatic rings. The van der Waals surface area contributed by atoms with Crippen LogP contribution in [0.2, 0.25) is 0 Å². The predicted octanol–water partition coefficient (Wildman–Crippen LogP) is 2.66. The highest BCUT2D eigenvalue weighted by Crippen LogP contribution is 2.26. The van der Waals surface area contributed by atoms with Crippen molar-refractivity contribution in [3.8, 4) is 0 Å². The van der Waals surface area contributed by atoms with E-state index in [9.17, 15) is 4.79 Å². The molecule has 0 spiro atoms. The minimum Gasteiger partial charge on any atom is -0.336 e. The topological polar surface area (TPSA) is 59.2 Å². The molecule has 1 saturated heterocycles. The monoisotopic (exact) mass is 297 g/mol. The molecule has 1 amide bonds. The molecular formula is C18H23N3O. The van der Waals surface area contributed by atoms with Crippen LogP contribution >= 0.6 is 0 Å². The molecule has 4 nitrogen and oxygen atoms in total. The SMILES string of the molecule is Cc1ccc2nc(C)c(C(=O)N3CC(CN)CC3C)cc2c1. The molecule has 2 N–H and O–H groups in total. The predicted molar refractivity (Wildman–Crippen MR) is 88.9 cm³/mol. The number of carbonyl (C=O) groups is 1. The third-order valence-electron chi connectivity index (χ3n) is 4.65. The Morgan fingerprint density at radius 3 is 2.82 bits per heavy atom. The van der Waals surface area contributed by atoms with Crippen LogP contribution < -0.4 is 5.73 Å². The standard InChI is InChI=1S/C18H23N3O/c1-11-4-5-17-15(6-11)8-16(13(3)20-17)18(22)21-10-14(9-19)7-12(21)2/h4-6,8,12,14H,7,9-10,19H2,1-3H3. The smallest absolute Gasteiger partial charge is 0.255 e. The fourth-order valence-corrected chi connectivity index (χ4v) is 3.36. The van der Waals surface area contributed by atoms with Crippen molar-refractivity contribution in [2.45, 2.75) is 33.2 Å². The van der Waals surface area contributed by atoms with Gasteiger partial charge in [0.15, 0.2) is 0 Å². The van der Waals surface area contributed by atoms with Crippen molar-refractivity contribution in [1.82, 2.24) is 9.88 Å². The maximum atomic E-state index is 12.9. The fourth-order valence-electron chi connectivity index (χ4n) is 3.36. The van der Waals surface area contributed by atoms with Gasteiger partial charge < -0.3 is 10.6 Å². The number of nitrogens with two attached hydrogens (primary N) is 1.